The molecule has 1 aromatic rings. The number of hydrogen-bond acceptors (Lipinski definition) is 1. The number of hydrogen-bond donors (Lipinski definition) is 0. The van der Waals surface area contributed by atoms with E-state index in [-0.39, 0.29) is 5.78 Å². The maximum absolute atomic E-state index is 12.0. The first-order valence-corrected chi connectivity index (χ1v) is 5.84. The van der Waals surface area contributed by atoms with Crippen LogP contribution in [0.2, 0.25) is 0 Å². The molecule has 0 saturated carbocycles. The Morgan fingerprint density at radius 3 is 2.50 bits per heavy atom. The first kappa shape index (κ1) is 12.7. The number of carbonyl (C=O) groups is 1. The van der Waals surface area contributed by atoms with Crippen LogP contribution in [0.5, 0.6) is 0 Å². The van der Waals surface area contributed by atoms with E-state index in [9.17, 15) is 4.79 Å². The van der Waals surface area contributed by atoms with Gasteiger partial charge in [0.1, 0.15) is 0 Å². The summed E-state index contributed by atoms with van der Waals surface area (Å²) in [5.74, 6) is 0.557. The van der Waals surface area contributed by atoms with Gasteiger partial charge in [-0.05, 0) is 37.8 Å². The van der Waals surface area contributed by atoms with Crippen LogP contribution in [0.1, 0.15) is 56.0 Å². The fourth-order valence-electron chi connectivity index (χ4n) is 1.71. The number of benzene rings is 1. The van der Waals surface area contributed by atoms with Gasteiger partial charge in [0.25, 0.3) is 0 Å². The zero-order valence-corrected chi connectivity index (χ0v) is 10.6. The molecule has 0 aliphatic heterocycles. The van der Waals surface area contributed by atoms with Crippen LogP contribution >= 0.6 is 0 Å². The maximum atomic E-state index is 12.0. The van der Waals surface area contributed by atoms with E-state index in [0.717, 1.165) is 23.1 Å². The Labute approximate surface area is 98.2 Å². The van der Waals surface area contributed by atoms with Crippen LogP contribution in [0, 0.1) is 0 Å². The van der Waals surface area contributed by atoms with Gasteiger partial charge in [-0.2, -0.15) is 0 Å². The van der Waals surface area contributed by atoms with E-state index >= 15 is 0 Å². The lowest BCUT2D eigenvalue weighted by molar-refractivity contribution is 0.104. The van der Waals surface area contributed by atoms with E-state index in [1.165, 1.54) is 0 Å². The molecular formula is C15H20O. The highest BCUT2D eigenvalue weighted by atomic mass is 16.1. The third-order valence-corrected chi connectivity index (χ3v) is 2.79. The van der Waals surface area contributed by atoms with Crippen LogP contribution < -0.4 is 0 Å². The van der Waals surface area contributed by atoms with Crippen molar-refractivity contribution >= 4 is 5.78 Å². The quantitative estimate of drug-likeness (QED) is 0.540. The molecule has 0 radical (unpaired) electrons. The van der Waals surface area contributed by atoms with Crippen molar-refractivity contribution in [1.82, 2.24) is 0 Å². The standard InChI is InChI=1S/C15H20O/c1-5-12(4)13-8-6-7-9-14(13)15(16)10-11(2)3/h6-10,12H,5H2,1-4H3. The summed E-state index contributed by atoms with van der Waals surface area (Å²) < 4.78 is 0. The fraction of sp³-hybridized carbons (Fsp3) is 0.400. The molecule has 16 heavy (non-hydrogen) atoms. The molecule has 0 fully saturated rings. The van der Waals surface area contributed by atoms with Crippen molar-refractivity contribution in [2.24, 2.45) is 0 Å². The van der Waals surface area contributed by atoms with Gasteiger partial charge in [-0.15, -0.1) is 0 Å². The van der Waals surface area contributed by atoms with Crippen LogP contribution in [0.25, 0.3) is 0 Å². The molecule has 1 nitrogen and oxygen atoms in total. The van der Waals surface area contributed by atoms with Crippen LogP contribution in [-0.2, 0) is 0 Å². The SMILES string of the molecule is CCC(C)c1ccccc1C(=O)C=C(C)C. The molecule has 0 N–H and O–H groups in total. The minimum Gasteiger partial charge on any atom is -0.289 e. The number of allylic oxidation sites excluding steroid dienone is 2. The van der Waals surface area contributed by atoms with E-state index in [1.807, 2.05) is 32.0 Å². The zero-order valence-electron chi connectivity index (χ0n) is 10.6. The molecule has 1 aromatic carbocycles. The van der Waals surface area contributed by atoms with Gasteiger partial charge in [-0.25, -0.2) is 0 Å². The second-order valence-corrected chi connectivity index (χ2v) is 4.48. The number of ketones is 1. The Hall–Kier alpha value is -1.37. The molecule has 0 aliphatic rings. The highest BCUT2D eigenvalue weighted by molar-refractivity contribution is 6.06. The van der Waals surface area contributed by atoms with Gasteiger partial charge in [-0.3, -0.25) is 4.79 Å². The van der Waals surface area contributed by atoms with Crippen LogP contribution in [0.15, 0.2) is 35.9 Å². The summed E-state index contributed by atoms with van der Waals surface area (Å²) in [6, 6.07) is 7.90. The predicted molar refractivity (Wildman–Crippen MR) is 68.9 cm³/mol. The van der Waals surface area contributed by atoms with Crippen molar-refractivity contribution in [1.29, 1.82) is 0 Å². The van der Waals surface area contributed by atoms with Gasteiger partial charge >= 0.3 is 0 Å². The van der Waals surface area contributed by atoms with Gasteiger partial charge < -0.3 is 0 Å². The Bertz CT molecular complexity index is 398. The molecule has 0 heterocycles. The summed E-state index contributed by atoms with van der Waals surface area (Å²) in [4.78, 5) is 12.0. The second-order valence-electron chi connectivity index (χ2n) is 4.48. The topological polar surface area (TPSA) is 17.1 Å². The lowest BCUT2D eigenvalue weighted by atomic mass is 9.91. The molecule has 0 spiro atoms. The van der Waals surface area contributed by atoms with Gasteiger partial charge in [0.2, 0.25) is 0 Å². The van der Waals surface area contributed by atoms with E-state index in [0.29, 0.717) is 5.92 Å². The molecule has 0 amide bonds. The monoisotopic (exact) mass is 216 g/mol. The van der Waals surface area contributed by atoms with Crippen molar-refractivity contribution in [2.75, 3.05) is 0 Å². The van der Waals surface area contributed by atoms with Crippen LogP contribution in [0.3, 0.4) is 0 Å². The molecule has 0 saturated heterocycles. The Morgan fingerprint density at radius 2 is 1.94 bits per heavy atom. The minimum atomic E-state index is 0.121. The van der Waals surface area contributed by atoms with E-state index in [1.54, 1.807) is 6.08 Å². The number of carbonyl (C=O) groups excluding carboxylic acids is 1. The van der Waals surface area contributed by atoms with Crippen molar-refractivity contribution in [3.63, 3.8) is 0 Å². The minimum absolute atomic E-state index is 0.121. The molecule has 1 heteroatoms. The lowest BCUT2D eigenvalue weighted by Crippen LogP contribution is -2.04. The second kappa shape index (κ2) is 5.64. The molecule has 0 aliphatic carbocycles. The lowest BCUT2D eigenvalue weighted by Gasteiger charge is -2.12. The molecule has 1 atom stereocenters. The first-order valence-electron chi connectivity index (χ1n) is 5.84. The summed E-state index contributed by atoms with van der Waals surface area (Å²) in [6.07, 6.45) is 2.76. The van der Waals surface area contributed by atoms with Crippen molar-refractivity contribution in [2.45, 2.75) is 40.0 Å². The Balaban J connectivity index is 3.13. The van der Waals surface area contributed by atoms with Gasteiger partial charge in [0, 0.05) is 5.56 Å². The zero-order chi connectivity index (χ0) is 12.1. The summed E-state index contributed by atoms with van der Waals surface area (Å²) in [5, 5.41) is 0. The maximum Gasteiger partial charge on any atom is 0.186 e. The summed E-state index contributed by atoms with van der Waals surface area (Å²) in [6.45, 7) is 8.20. The predicted octanol–water partition coefficient (Wildman–Crippen LogP) is 4.35. The summed E-state index contributed by atoms with van der Waals surface area (Å²) in [5.41, 5.74) is 3.05. The molecule has 0 aromatic heterocycles. The first-order chi connectivity index (χ1) is 7.56. The highest BCUT2D eigenvalue weighted by Crippen LogP contribution is 2.23. The largest absolute Gasteiger partial charge is 0.289 e. The number of rotatable bonds is 4. The van der Waals surface area contributed by atoms with Gasteiger partial charge in [-0.1, -0.05) is 43.7 Å². The van der Waals surface area contributed by atoms with E-state index in [4.69, 9.17) is 0 Å². The smallest absolute Gasteiger partial charge is 0.186 e. The van der Waals surface area contributed by atoms with Crippen molar-refractivity contribution < 1.29 is 4.79 Å². The van der Waals surface area contributed by atoms with Crippen LogP contribution in [0.4, 0.5) is 0 Å². The van der Waals surface area contributed by atoms with E-state index in [2.05, 4.69) is 19.9 Å². The van der Waals surface area contributed by atoms with Gasteiger partial charge in [0.05, 0.1) is 0 Å². The fourth-order valence-corrected chi connectivity index (χ4v) is 1.71. The Morgan fingerprint density at radius 1 is 1.31 bits per heavy atom. The Kier molecular flexibility index (Phi) is 4.48. The molecule has 86 valence electrons. The van der Waals surface area contributed by atoms with Gasteiger partial charge in [0.15, 0.2) is 5.78 Å². The average Bonchev–Trinajstić information content (AvgIpc) is 2.27. The normalized spacial score (nSPS) is 12.0. The highest BCUT2D eigenvalue weighted by Gasteiger charge is 2.12. The molecule has 1 rings (SSSR count). The molecular weight excluding hydrogens is 196 g/mol. The van der Waals surface area contributed by atoms with Crippen molar-refractivity contribution in [3.05, 3.63) is 47.0 Å². The van der Waals surface area contributed by atoms with Crippen LogP contribution in [-0.4, -0.2) is 5.78 Å². The molecule has 1 unspecified atom stereocenters. The average molecular weight is 216 g/mol. The summed E-state index contributed by atoms with van der Waals surface area (Å²) >= 11 is 0. The van der Waals surface area contributed by atoms with Crippen molar-refractivity contribution in [3.8, 4) is 0 Å². The third kappa shape index (κ3) is 3.06. The third-order valence-electron chi connectivity index (χ3n) is 2.79. The van der Waals surface area contributed by atoms with E-state index < -0.39 is 0 Å². The summed E-state index contributed by atoms with van der Waals surface area (Å²) in [7, 11) is 0. The molecule has 0 bridgehead atoms.